The lowest BCUT2D eigenvalue weighted by atomic mass is 10.2. The average molecular weight is 390 g/mol. The molecule has 0 bridgehead atoms. The third-order valence-electron chi connectivity index (χ3n) is 3.14. The smallest absolute Gasteiger partial charge is 0.290 e. The zero-order chi connectivity index (χ0) is 16.2. The van der Waals surface area contributed by atoms with Crippen molar-refractivity contribution in [3.8, 4) is 5.75 Å². The SMILES string of the molecule is O=C1NC(=O)/C(=C/c2ccc(OCc3ccc(Br)cc3)cc2)S1. The third kappa shape index (κ3) is 4.24. The van der Waals surface area contributed by atoms with Crippen molar-refractivity contribution in [2.75, 3.05) is 0 Å². The predicted molar refractivity (Wildman–Crippen MR) is 94.0 cm³/mol. The molecule has 0 atom stereocenters. The molecule has 0 saturated carbocycles. The van der Waals surface area contributed by atoms with Gasteiger partial charge in [-0.05, 0) is 53.2 Å². The lowest BCUT2D eigenvalue weighted by molar-refractivity contribution is -0.115. The summed E-state index contributed by atoms with van der Waals surface area (Å²) in [5.74, 6) is 0.394. The van der Waals surface area contributed by atoms with E-state index in [4.69, 9.17) is 4.74 Å². The number of carbonyl (C=O) groups is 2. The van der Waals surface area contributed by atoms with Gasteiger partial charge in [0.25, 0.3) is 11.1 Å². The number of ether oxygens (including phenoxy) is 1. The summed E-state index contributed by atoms with van der Waals surface area (Å²) in [6.45, 7) is 0.487. The van der Waals surface area contributed by atoms with E-state index in [1.807, 2.05) is 48.5 Å². The highest BCUT2D eigenvalue weighted by molar-refractivity contribution is 9.10. The second-order valence-electron chi connectivity index (χ2n) is 4.84. The molecule has 3 rings (SSSR count). The first-order chi connectivity index (χ1) is 11.1. The van der Waals surface area contributed by atoms with Crippen molar-refractivity contribution in [2.24, 2.45) is 0 Å². The third-order valence-corrected chi connectivity index (χ3v) is 4.48. The Labute approximate surface area is 146 Å². The highest BCUT2D eigenvalue weighted by atomic mass is 79.9. The fourth-order valence-electron chi connectivity index (χ4n) is 1.98. The van der Waals surface area contributed by atoms with E-state index in [-0.39, 0.29) is 11.1 Å². The van der Waals surface area contributed by atoms with Crippen molar-refractivity contribution in [3.05, 3.63) is 69.0 Å². The van der Waals surface area contributed by atoms with Gasteiger partial charge in [-0.1, -0.05) is 40.2 Å². The van der Waals surface area contributed by atoms with Crippen LogP contribution < -0.4 is 10.1 Å². The summed E-state index contributed by atoms with van der Waals surface area (Å²) >= 11 is 4.30. The molecule has 1 aliphatic rings. The Morgan fingerprint density at radius 3 is 2.35 bits per heavy atom. The molecule has 1 N–H and O–H groups in total. The molecule has 0 spiro atoms. The van der Waals surface area contributed by atoms with Gasteiger partial charge in [-0.2, -0.15) is 0 Å². The van der Waals surface area contributed by atoms with Crippen molar-refractivity contribution in [1.82, 2.24) is 5.32 Å². The van der Waals surface area contributed by atoms with Crippen molar-refractivity contribution in [1.29, 1.82) is 0 Å². The summed E-state index contributed by atoms with van der Waals surface area (Å²) in [7, 11) is 0. The Hall–Kier alpha value is -2.05. The summed E-state index contributed by atoms with van der Waals surface area (Å²) in [6.07, 6.45) is 1.68. The van der Waals surface area contributed by atoms with Crippen LogP contribution in [0.25, 0.3) is 6.08 Å². The quantitative estimate of drug-likeness (QED) is 0.789. The number of imide groups is 1. The highest BCUT2D eigenvalue weighted by Crippen LogP contribution is 2.26. The van der Waals surface area contributed by atoms with Gasteiger partial charge in [-0.3, -0.25) is 14.9 Å². The van der Waals surface area contributed by atoms with Gasteiger partial charge in [0, 0.05) is 4.47 Å². The van der Waals surface area contributed by atoms with Crippen LogP contribution in [0.15, 0.2) is 57.9 Å². The molecule has 1 saturated heterocycles. The summed E-state index contributed by atoms with van der Waals surface area (Å²) in [5, 5.41) is 1.89. The van der Waals surface area contributed by atoms with E-state index in [0.29, 0.717) is 11.5 Å². The monoisotopic (exact) mass is 389 g/mol. The summed E-state index contributed by atoms with van der Waals surface area (Å²) < 4.78 is 6.75. The number of hydrogen-bond donors (Lipinski definition) is 1. The maximum Gasteiger partial charge on any atom is 0.290 e. The lowest BCUT2D eigenvalue weighted by Gasteiger charge is -2.06. The molecule has 0 aliphatic carbocycles. The molecule has 0 unspecified atom stereocenters. The lowest BCUT2D eigenvalue weighted by Crippen LogP contribution is -2.17. The minimum Gasteiger partial charge on any atom is -0.489 e. The first-order valence-electron chi connectivity index (χ1n) is 6.82. The van der Waals surface area contributed by atoms with Crippen LogP contribution in [0.2, 0.25) is 0 Å². The van der Waals surface area contributed by atoms with Gasteiger partial charge < -0.3 is 4.74 Å². The van der Waals surface area contributed by atoms with Crippen LogP contribution in [0.3, 0.4) is 0 Å². The molecule has 2 aromatic carbocycles. The average Bonchev–Trinajstić information content (AvgIpc) is 2.86. The van der Waals surface area contributed by atoms with Crippen LogP contribution in [-0.4, -0.2) is 11.1 Å². The molecule has 1 aliphatic heterocycles. The van der Waals surface area contributed by atoms with Gasteiger partial charge >= 0.3 is 0 Å². The molecule has 23 heavy (non-hydrogen) atoms. The van der Waals surface area contributed by atoms with E-state index in [1.165, 1.54) is 0 Å². The Kier molecular flexibility index (Phi) is 4.83. The van der Waals surface area contributed by atoms with Gasteiger partial charge in [0.2, 0.25) is 0 Å². The zero-order valence-corrected chi connectivity index (χ0v) is 14.3. The molecule has 4 nitrogen and oxygen atoms in total. The van der Waals surface area contributed by atoms with E-state index in [2.05, 4.69) is 21.2 Å². The van der Waals surface area contributed by atoms with E-state index < -0.39 is 0 Å². The van der Waals surface area contributed by atoms with Crippen LogP contribution in [0, 0.1) is 0 Å². The molecule has 1 heterocycles. The normalized spacial score (nSPS) is 15.8. The number of amides is 2. The number of nitrogens with one attached hydrogen (secondary N) is 1. The first-order valence-corrected chi connectivity index (χ1v) is 8.43. The number of halogens is 1. The molecule has 0 aromatic heterocycles. The minimum absolute atomic E-state index is 0.337. The largest absolute Gasteiger partial charge is 0.489 e. The van der Waals surface area contributed by atoms with Crippen molar-refractivity contribution >= 4 is 44.9 Å². The molecule has 2 aromatic rings. The van der Waals surface area contributed by atoms with Gasteiger partial charge in [0.05, 0.1) is 4.91 Å². The topological polar surface area (TPSA) is 55.4 Å². The van der Waals surface area contributed by atoms with Crippen LogP contribution >= 0.6 is 27.7 Å². The summed E-state index contributed by atoms with van der Waals surface area (Å²) in [5.41, 5.74) is 1.92. The van der Waals surface area contributed by atoms with Crippen molar-refractivity contribution in [3.63, 3.8) is 0 Å². The van der Waals surface area contributed by atoms with Gasteiger partial charge in [0.1, 0.15) is 12.4 Å². The number of rotatable bonds is 4. The second kappa shape index (κ2) is 7.02. The maximum atomic E-state index is 11.5. The van der Waals surface area contributed by atoms with Crippen LogP contribution in [-0.2, 0) is 11.4 Å². The van der Waals surface area contributed by atoms with Crippen LogP contribution in [0.4, 0.5) is 4.79 Å². The Morgan fingerprint density at radius 1 is 1.04 bits per heavy atom. The van der Waals surface area contributed by atoms with E-state index in [0.717, 1.165) is 33.1 Å². The highest BCUT2D eigenvalue weighted by Gasteiger charge is 2.24. The van der Waals surface area contributed by atoms with Crippen molar-refractivity contribution in [2.45, 2.75) is 6.61 Å². The molecule has 2 amide bonds. The second-order valence-corrected chi connectivity index (χ2v) is 6.77. The number of hydrogen-bond acceptors (Lipinski definition) is 4. The number of benzene rings is 2. The Balaban J connectivity index is 1.63. The first kappa shape index (κ1) is 15.8. The number of thioether (sulfide) groups is 1. The van der Waals surface area contributed by atoms with Crippen molar-refractivity contribution < 1.29 is 14.3 Å². The maximum absolute atomic E-state index is 11.5. The number of carbonyl (C=O) groups excluding carboxylic acids is 2. The molecular formula is C17H12BrNO3S. The van der Waals surface area contributed by atoms with Gasteiger partial charge in [-0.25, -0.2) is 0 Å². The fraction of sp³-hybridized carbons (Fsp3) is 0.0588. The van der Waals surface area contributed by atoms with Crippen LogP contribution in [0.1, 0.15) is 11.1 Å². The Morgan fingerprint density at radius 2 is 1.74 bits per heavy atom. The summed E-state index contributed by atoms with van der Waals surface area (Å²) in [6, 6.07) is 15.3. The summed E-state index contributed by atoms with van der Waals surface area (Å²) in [4.78, 5) is 23.0. The van der Waals surface area contributed by atoms with E-state index >= 15 is 0 Å². The molecule has 0 radical (unpaired) electrons. The van der Waals surface area contributed by atoms with Gasteiger partial charge in [0.15, 0.2) is 0 Å². The van der Waals surface area contributed by atoms with Crippen LogP contribution in [0.5, 0.6) is 5.75 Å². The van der Waals surface area contributed by atoms with Gasteiger partial charge in [-0.15, -0.1) is 0 Å². The van der Waals surface area contributed by atoms with E-state index in [9.17, 15) is 9.59 Å². The van der Waals surface area contributed by atoms with E-state index in [1.54, 1.807) is 6.08 Å². The minimum atomic E-state index is -0.351. The molecule has 116 valence electrons. The fourth-order valence-corrected chi connectivity index (χ4v) is 2.93. The molecule has 1 fully saturated rings. The predicted octanol–water partition coefficient (Wildman–Crippen LogP) is 4.35. The standard InChI is InChI=1S/C17H12BrNO3S/c18-13-5-1-12(2-6-13)10-22-14-7-3-11(4-8-14)9-15-16(20)19-17(21)23-15/h1-9H,10H2,(H,19,20,21)/b15-9-. The molecular weight excluding hydrogens is 378 g/mol. The Bertz CT molecular complexity index is 769. The zero-order valence-electron chi connectivity index (χ0n) is 11.9. The molecule has 6 heteroatoms.